The van der Waals surface area contributed by atoms with Crippen LogP contribution >= 0.6 is 0 Å². The lowest BCUT2D eigenvalue weighted by Gasteiger charge is -2.17. The molecule has 1 N–H and O–H groups in total. The number of carbonyl (C=O) groups excluding carboxylic acids is 2. The van der Waals surface area contributed by atoms with Gasteiger partial charge in [0, 0.05) is 18.4 Å². The molecule has 0 unspecified atom stereocenters. The molecule has 3 aromatic rings. The number of hydrogen-bond acceptors (Lipinski definition) is 5. The highest BCUT2D eigenvalue weighted by Crippen LogP contribution is 2.17. The largest absolute Gasteiger partial charge is 0.461 e. The van der Waals surface area contributed by atoms with Crippen molar-refractivity contribution in [2.75, 3.05) is 31.6 Å². The van der Waals surface area contributed by atoms with Crippen LogP contribution in [0.1, 0.15) is 40.4 Å². The van der Waals surface area contributed by atoms with Crippen molar-refractivity contribution in [3.8, 4) is 0 Å². The number of aromatic nitrogens is 2. The zero-order valence-electron chi connectivity index (χ0n) is 17.3. The molecule has 8 heteroatoms. The third-order valence-corrected chi connectivity index (χ3v) is 4.89. The summed E-state index contributed by atoms with van der Waals surface area (Å²) in [7, 11) is 0. The first-order chi connectivity index (χ1) is 14.4. The van der Waals surface area contributed by atoms with Crippen molar-refractivity contribution in [1.82, 2.24) is 14.3 Å². The summed E-state index contributed by atoms with van der Waals surface area (Å²) in [6, 6.07) is 9.24. The number of imidazole rings is 1. The van der Waals surface area contributed by atoms with Crippen LogP contribution in [0, 0.1) is 12.7 Å². The van der Waals surface area contributed by atoms with Crippen LogP contribution in [0.25, 0.3) is 5.65 Å². The van der Waals surface area contributed by atoms with Gasteiger partial charge in [0.1, 0.15) is 23.8 Å². The summed E-state index contributed by atoms with van der Waals surface area (Å²) in [4.78, 5) is 31.3. The summed E-state index contributed by atoms with van der Waals surface area (Å²) in [5, 5.41) is 2.76. The van der Waals surface area contributed by atoms with Gasteiger partial charge in [0.2, 0.25) is 0 Å². The number of amides is 1. The van der Waals surface area contributed by atoms with Gasteiger partial charge in [0.15, 0.2) is 0 Å². The van der Waals surface area contributed by atoms with Crippen LogP contribution in [-0.4, -0.2) is 52.4 Å². The van der Waals surface area contributed by atoms with Crippen molar-refractivity contribution < 1.29 is 18.7 Å². The highest BCUT2D eigenvalue weighted by Gasteiger charge is 2.17. The topological polar surface area (TPSA) is 75.9 Å². The number of nitrogens with zero attached hydrogens (tertiary/aromatic N) is 3. The fourth-order valence-electron chi connectivity index (χ4n) is 3.18. The van der Waals surface area contributed by atoms with Crippen LogP contribution in [-0.2, 0) is 4.74 Å². The Hall–Kier alpha value is -3.26. The number of anilines is 1. The van der Waals surface area contributed by atoms with Crippen molar-refractivity contribution in [3.05, 3.63) is 65.4 Å². The molecule has 0 radical (unpaired) electrons. The predicted octanol–water partition coefficient (Wildman–Crippen LogP) is 3.53. The monoisotopic (exact) mass is 412 g/mol. The van der Waals surface area contributed by atoms with Crippen molar-refractivity contribution >= 4 is 23.2 Å². The Balaban J connectivity index is 1.64. The first-order valence-electron chi connectivity index (χ1n) is 9.88. The minimum Gasteiger partial charge on any atom is -0.461 e. The average Bonchev–Trinajstić information content (AvgIpc) is 3.06. The Labute approximate surface area is 174 Å². The Morgan fingerprint density at radius 1 is 1.13 bits per heavy atom. The molecule has 2 heterocycles. The zero-order chi connectivity index (χ0) is 21.7. The maximum absolute atomic E-state index is 13.6. The molecule has 158 valence electrons. The molecule has 0 bridgehead atoms. The molecule has 0 aliphatic carbocycles. The van der Waals surface area contributed by atoms with Crippen LogP contribution in [0.5, 0.6) is 0 Å². The van der Waals surface area contributed by atoms with E-state index in [2.05, 4.69) is 29.0 Å². The Bertz CT molecular complexity index is 1040. The van der Waals surface area contributed by atoms with Crippen molar-refractivity contribution in [3.63, 3.8) is 0 Å². The van der Waals surface area contributed by atoms with E-state index in [4.69, 9.17) is 4.74 Å². The zero-order valence-corrected chi connectivity index (χ0v) is 17.3. The van der Waals surface area contributed by atoms with Crippen molar-refractivity contribution in [2.24, 2.45) is 0 Å². The van der Waals surface area contributed by atoms with Gasteiger partial charge in [-0.25, -0.2) is 14.2 Å². The van der Waals surface area contributed by atoms with E-state index in [1.165, 1.54) is 22.7 Å². The molecule has 0 saturated carbocycles. The quantitative estimate of drug-likeness (QED) is 0.573. The summed E-state index contributed by atoms with van der Waals surface area (Å²) in [6.45, 7) is 8.63. The van der Waals surface area contributed by atoms with E-state index in [9.17, 15) is 14.0 Å². The molecule has 1 amide bonds. The first kappa shape index (κ1) is 21.4. The van der Waals surface area contributed by atoms with Gasteiger partial charge in [0.05, 0.1) is 11.3 Å². The second-order valence-electron chi connectivity index (χ2n) is 6.82. The minimum absolute atomic E-state index is 0.254. The number of hydrogen-bond donors (Lipinski definition) is 1. The number of benzene rings is 1. The Morgan fingerprint density at radius 3 is 2.50 bits per heavy atom. The van der Waals surface area contributed by atoms with E-state index < -0.39 is 17.7 Å². The minimum atomic E-state index is -0.460. The maximum Gasteiger partial charge on any atom is 0.338 e. The number of carbonyl (C=O) groups is 2. The number of fused-ring (bicyclic) bond motifs is 1. The van der Waals surface area contributed by atoms with E-state index >= 15 is 0 Å². The second kappa shape index (κ2) is 9.49. The van der Waals surface area contributed by atoms with Gasteiger partial charge in [-0.1, -0.05) is 13.8 Å². The Kier molecular flexibility index (Phi) is 6.79. The van der Waals surface area contributed by atoms with E-state index in [0.29, 0.717) is 35.7 Å². The van der Waals surface area contributed by atoms with Gasteiger partial charge >= 0.3 is 5.97 Å². The van der Waals surface area contributed by atoms with E-state index in [1.807, 2.05) is 0 Å². The lowest BCUT2D eigenvalue weighted by molar-refractivity contribution is 0.0466. The number of esters is 1. The number of pyridine rings is 1. The fourth-order valence-corrected chi connectivity index (χ4v) is 3.18. The lowest BCUT2D eigenvalue weighted by atomic mass is 10.2. The number of nitrogens with one attached hydrogen (secondary N) is 1. The fraction of sp³-hybridized carbons (Fsp3) is 0.318. The molecular formula is C22H25FN4O3. The number of likely N-dealkylation sites (N-methyl/N-ethyl adjacent to an activating group) is 1. The normalized spacial score (nSPS) is 11.1. The first-order valence-corrected chi connectivity index (χ1v) is 9.88. The molecule has 3 rings (SSSR count). The molecule has 2 aromatic heterocycles. The third kappa shape index (κ3) is 4.83. The standard InChI is InChI=1S/C22H25FN4O3/c1-4-26(5-2)12-13-30-22(29)16-6-9-18(10-7-16)25-21(28)20-15(3)24-19-11-8-17(23)14-27(19)20/h6-11,14H,4-5,12-13H2,1-3H3,(H,25,28). The van der Waals surface area contributed by atoms with Crippen LogP contribution in [0.2, 0.25) is 0 Å². The number of ether oxygens (including phenoxy) is 1. The molecule has 1 aromatic carbocycles. The van der Waals surface area contributed by atoms with Gasteiger partial charge < -0.3 is 15.0 Å². The summed E-state index contributed by atoms with van der Waals surface area (Å²) < 4.78 is 20.3. The highest BCUT2D eigenvalue weighted by molar-refractivity contribution is 6.04. The maximum atomic E-state index is 13.6. The van der Waals surface area contributed by atoms with Gasteiger partial charge in [-0.05, 0) is 56.4 Å². The molecule has 0 saturated heterocycles. The van der Waals surface area contributed by atoms with E-state index in [1.54, 1.807) is 31.2 Å². The van der Waals surface area contributed by atoms with Crippen molar-refractivity contribution in [1.29, 1.82) is 0 Å². The summed E-state index contributed by atoms with van der Waals surface area (Å²) in [6.07, 6.45) is 1.22. The summed E-state index contributed by atoms with van der Waals surface area (Å²) in [5.41, 5.74) is 2.14. The van der Waals surface area contributed by atoms with Crippen LogP contribution < -0.4 is 5.32 Å². The number of halogens is 1. The molecule has 30 heavy (non-hydrogen) atoms. The molecule has 7 nitrogen and oxygen atoms in total. The summed E-state index contributed by atoms with van der Waals surface area (Å²) in [5.74, 6) is -1.29. The van der Waals surface area contributed by atoms with Crippen LogP contribution in [0.4, 0.5) is 10.1 Å². The van der Waals surface area contributed by atoms with E-state index in [-0.39, 0.29) is 5.69 Å². The summed E-state index contributed by atoms with van der Waals surface area (Å²) >= 11 is 0. The van der Waals surface area contributed by atoms with E-state index in [0.717, 1.165) is 13.1 Å². The molecule has 0 aliphatic heterocycles. The average molecular weight is 412 g/mol. The molecule has 0 atom stereocenters. The number of aryl methyl sites for hydroxylation is 1. The third-order valence-electron chi connectivity index (χ3n) is 4.89. The molecule has 0 spiro atoms. The molecular weight excluding hydrogens is 387 g/mol. The predicted molar refractivity (Wildman–Crippen MR) is 112 cm³/mol. The smallest absolute Gasteiger partial charge is 0.338 e. The number of rotatable bonds is 8. The Morgan fingerprint density at radius 2 is 1.83 bits per heavy atom. The van der Waals surface area contributed by atoms with Crippen LogP contribution in [0.3, 0.4) is 0 Å². The van der Waals surface area contributed by atoms with Gasteiger partial charge in [-0.3, -0.25) is 9.20 Å². The molecule has 0 aliphatic rings. The second-order valence-corrected chi connectivity index (χ2v) is 6.82. The highest BCUT2D eigenvalue weighted by atomic mass is 19.1. The lowest BCUT2D eigenvalue weighted by Crippen LogP contribution is -2.27. The SMILES string of the molecule is CCN(CC)CCOC(=O)c1ccc(NC(=O)c2c(C)nc3ccc(F)cn23)cc1. The van der Waals surface area contributed by atoms with Gasteiger partial charge in [-0.2, -0.15) is 0 Å². The van der Waals surface area contributed by atoms with Crippen molar-refractivity contribution in [2.45, 2.75) is 20.8 Å². The molecule has 0 fully saturated rings. The van der Waals surface area contributed by atoms with Gasteiger partial charge in [-0.15, -0.1) is 0 Å². The van der Waals surface area contributed by atoms with Crippen LogP contribution in [0.15, 0.2) is 42.6 Å². The van der Waals surface area contributed by atoms with Gasteiger partial charge in [0.25, 0.3) is 5.91 Å².